The van der Waals surface area contributed by atoms with E-state index in [-0.39, 0.29) is 18.5 Å². The van der Waals surface area contributed by atoms with Gasteiger partial charge >= 0.3 is 0 Å². The lowest BCUT2D eigenvalue weighted by Gasteiger charge is -2.15. The second-order valence-electron chi connectivity index (χ2n) is 5.07. The van der Waals surface area contributed by atoms with E-state index in [4.69, 9.17) is 4.74 Å². The molecule has 6 nitrogen and oxygen atoms in total. The van der Waals surface area contributed by atoms with Crippen molar-refractivity contribution in [2.24, 2.45) is 0 Å². The standard InChI is InChI=1S/C15H15FN4O2S/c1-8(2)22-11-5-9(16)3-4-10(11)19-14-13-15(18-7-17-14)23-12(6-21)20-13/h3-5,7-8,21H,6H2,1-2H3,(H,17,18,19). The highest BCUT2D eigenvalue weighted by atomic mass is 32.1. The minimum absolute atomic E-state index is 0.0944. The van der Waals surface area contributed by atoms with Crippen LogP contribution in [0.5, 0.6) is 5.75 Å². The van der Waals surface area contributed by atoms with Gasteiger partial charge in [-0.25, -0.2) is 19.3 Å². The third kappa shape index (κ3) is 3.38. The number of aromatic nitrogens is 3. The number of anilines is 2. The maximum absolute atomic E-state index is 13.5. The van der Waals surface area contributed by atoms with Crippen molar-refractivity contribution < 1.29 is 14.2 Å². The molecule has 0 saturated carbocycles. The average molecular weight is 334 g/mol. The van der Waals surface area contributed by atoms with Gasteiger partial charge in [0.25, 0.3) is 0 Å². The molecule has 0 aliphatic heterocycles. The summed E-state index contributed by atoms with van der Waals surface area (Å²) in [7, 11) is 0. The first-order chi connectivity index (χ1) is 11.1. The number of halogens is 1. The first-order valence-electron chi connectivity index (χ1n) is 7.01. The van der Waals surface area contributed by atoms with Crippen LogP contribution in [0.15, 0.2) is 24.5 Å². The molecule has 0 radical (unpaired) electrons. The molecule has 0 saturated heterocycles. The zero-order valence-corrected chi connectivity index (χ0v) is 13.4. The molecule has 1 aromatic carbocycles. The average Bonchev–Trinajstić information content (AvgIpc) is 2.93. The molecule has 0 aliphatic carbocycles. The minimum atomic E-state index is -0.379. The van der Waals surface area contributed by atoms with E-state index in [0.717, 1.165) is 0 Å². The molecule has 0 fully saturated rings. The predicted molar refractivity (Wildman–Crippen MR) is 86.6 cm³/mol. The molecular formula is C15H15FN4O2S. The molecule has 3 rings (SSSR count). The van der Waals surface area contributed by atoms with Gasteiger partial charge in [0.1, 0.15) is 33.2 Å². The predicted octanol–water partition coefficient (Wildman–Crippen LogP) is 3.25. The summed E-state index contributed by atoms with van der Waals surface area (Å²) in [5.41, 5.74) is 1.14. The Labute approximate surface area is 136 Å². The zero-order chi connectivity index (χ0) is 16.4. The number of fused-ring (bicyclic) bond motifs is 1. The molecule has 0 amide bonds. The molecule has 3 aromatic rings. The lowest BCUT2D eigenvalue weighted by molar-refractivity contribution is 0.243. The van der Waals surface area contributed by atoms with Gasteiger partial charge < -0.3 is 15.2 Å². The van der Waals surface area contributed by atoms with E-state index in [1.165, 1.54) is 29.8 Å². The lowest BCUT2D eigenvalue weighted by Crippen LogP contribution is -2.08. The van der Waals surface area contributed by atoms with E-state index in [2.05, 4.69) is 20.3 Å². The smallest absolute Gasteiger partial charge is 0.161 e. The van der Waals surface area contributed by atoms with Gasteiger partial charge in [0.2, 0.25) is 0 Å². The summed E-state index contributed by atoms with van der Waals surface area (Å²) in [5, 5.41) is 12.9. The van der Waals surface area contributed by atoms with E-state index in [0.29, 0.717) is 32.6 Å². The van der Waals surface area contributed by atoms with Gasteiger partial charge in [0.15, 0.2) is 5.82 Å². The van der Waals surface area contributed by atoms with Crippen LogP contribution in [0.2, 0.25) is 0 Å². The van der Waals surface area contributed by atoms with Crippen LogP contribution in [-0.2, 0) is 6.61 Å². The minimum Gasteiger partial charge on any atom is -0.489 e. The molecular weight excluding hydrogens is 319 g/mol. The second kappa shape index (κ2) is 6.43. The number of nitrogens with one attached hydrogen (secondary N) is 1. The fourth-order valence-electron chi connectivity index (χ4n) is 2.03. The SMILES string of the molecule is CC(C)Oc1cc(F)ccc1Nc1ncnc2sc(CO)nc12. The molecule has 120 valence electrons. The molecule has 0 spiro atoms. The Morgan fingerprint density at radius 1 is 1.35 bits per heavy atom. The summed E-state index contributed by atoms with van der Waals surface area (Å²) in [4.78, 5) is 13.3. The lowest BCUT2D eigenvalue weighted by atomic mass is 10.2. The fraction of sp³-hybridized carbons (Fsp3) is 0.267. The Bertz CT molecular complexity index is 837. The maximum atomic E-state index is 13.5. The van der Waals surface area contributed by atoms with E-state index >= 15 is 0 Å². The highest BCUT2D eigenvalue weighted by molar-refractivity contribution is 7.18. The van der Waals surface area contributed by atoms with E-state index < -0.39 is 0 Å². The van der Waals surface area contributed by atoms with Crippen LogP contribution in [0, 0.1) is 5.82 Å². The summed E-state index contributed by atoms with van der Waals surface area (Å²) >= 11 is 1.30. The zero-order valence-electron chi connectivity index (χ0n) is 12.6. The molecule has 8 heteroatoms. The fourth-order valence-corrected chi connectivity index (χ4v) is 2.80. The van der Waals surface area contributed by atoms with Gasteiger partial charge in [0.05, 0.1) is 18.4 Å². The molecule has 2 aromatic heterocycles. The van der Waals surface area contributed by atoms with Gasteiger partial charge in [0, 0.05) is 6.07 Å². The quantitative estimate of drug-likeness (QED) is 0.745. The number of nitrogens with zero attached hydrogens (tertiary/aromatic N) is 3. The monoisotopic (exact) mass is 334 g/mol. The molecule has 23 heavy (non-hydrogen) atoms. The summed E-state index contributed by atoms with van der Waals surface area (Å²) in [5.74, 6) is 0.491. The number of benzene rings is 1. The third-order valence-corrected chi connectivity index (χ3v) is 3.88. The highest BCUT2D eigenvalue weighted by Crippen LogP contribution is 2.32. The third-order valence-electron chi connectivity index (χ3n) is 2.93. The number of aliphatic hydroxyl groups excluding tert-OH is 1. The number of ether oxygens (including phenoxy) is 1. The maximum Gasteiger partial charge on any atom is 0.161 e. The van der Waals surface area contributed by atoms with E-state index in [1.807, 2.05) is 13.8 Å². The van der Waals surface area contributed by atoms with Crippen molar-refractivity contribution in [1.29, 1.82) is 0 Å². The van der Waals surface area contributed by atoms with E-state index in [9.17, 15) is 9.50 Å². The summed E-state index contributed by atoms with van der Waals surface area (Å²) < 4.78 is 19.1. The van der Waals surface area contributed by atoms with Crippen molar-refractivity contribution in [3.8, 4) is 5.75 Å². The van der Waals surface area contributed by atoms with Gasteiger partial charge in [-0.3, -0.25) is 0 Å². The molecule has 0 unspecified atom stereocenters. The van der Waals surface area contributed by atoms with Crippen molar-refractivity contribution in [2.45, 2.75) is 26.6 Å². The number of rotatable bonds is 5. The van der Waals surface area contributed by atoms with Crippen molar-refractivity contribution in [3.05, 3.63) is 35.4 Å². The normalized spacial score (nSPS) is 11.2. The Morgan fingerprint density at radius 2 is 2.17 bits per heavy atom. The van der Waals surface area contributed by atoms with Crippen LogP contribution in [0.4, 0.5) is 15.9 Å². The number of aliphatic hydroxyl groups is 1. The second-order valence-corrected chi connectivity index (χ2v) is 6.14. The summed E-state index contributed by atoms with van der Waals surface area (Å²) in [6, 6.07) is 4.25. The molecule has 0 aliphatic rings. The van der Waals surface area contributed by atoms with Crippen LogP contribution in [0.1, 0.15) is 18.9 Å². The Morgan fingerprint density at radius 3 is 2.91 bits per heavy atom. The first-order valence-corrected chi connectivity index (χ1v) is 7.83. The van der Waals surface area contributed by atoms with Gasteiger partial charge in [-0.05, 0) is 26.0 Å². The van der Waals surface area contributed by atoms with Gasteiger partial charge in [-0.1, -0.05) is 11.3 Å². The number of hydrogen-bond donors (Lipinski definition) is 2. The molecule has 2 heterocycles. The van der Waals surface area contributed by atoms with Crippen LogP contribution in [0.25, 0.3) is 10.3 Å². The topological polar surface area (TPSA) is 80.2 Å². The van der Waals surface area contributed by atoms with Crippen LogP contribution < -0.4 is 10.1 Å². The van der Waals surface area contributed by atoms with Crippen LogP contribution in [-0.4, -0.2) is 26.2 Å². The van der Waals surface area contributed by atoms with Crippen LogP contribution in [0.3, 0.4) is 0 Å². The van der Waals surface area contributed by atoms with Gasteiger partial charge in [-0.2, -0.15) is 0 Å². The summed E-state index contributed by atoms with van der Waals surface area (Å²) in [6.07, 6.45) is 1.32. The highest BCUT2D eigenvalue weighted by Gasteiger charge is 2.13. The Kier molecular flexibility index (Phi) is 4.35. The summed E-state index contributed by atoms with van der Waals surface area (Å²) in [6.45, 7) is 3.58. The Hall–Kier alpha value is -2.32. The largest absolute Gasteiger partial charge is 0.489 e. The van der Waals surface area contributed by atoms with Crippen molar-refractivity contribution in [2.75, 3.05) is 5.32 Å². The van der Waals surface area contributed by atoms with Crippen molar-refractivity contribution >= 4 is 33.2 Å². The number of hydrogen-bond acceptors (Lipinski definition) is 7. The van der Waals surface area contributed by atoms with Crippen molar-refractivity contribution in [1.82, 2.24) is 15.0 Å². The number of thiazole rings is 1. The van der Waals surface area contributed by atoms with Crippen molar-refractivity contribution in [3.63, 3.8) is 0 Å². The van der Waals surface area contributed by atoms with Gasteiger partial charge in [-0.15, -0.1) is 0 Å². The Balaban J connectivity index is 2.00. The van der Waals surface area contributed by atoms with E-state index in [1.54, 1.807) is 6.07 Å². The molecule has 2 N–H and O–H groups in total. The molecule has 0 bridgehead atoms. The molecule has 0 atom stereocenters. The first kappa shape index (κ1) is 15.6. The van der Waals surface area contributed by atoms with Crippen LogP contribution >= 0.6 is 11.3 Å².